The van der Waals surface area contributed by atoms with Gasteiger partial charge >= 0.3 is 12.1 Å². The number of hydrogen-bond acceptors (Lipinski definition) is 4. The van der Waals surface area contributed by atoms with Crippen LogP contribution in [0.15, 0.2) is 24.3 Å². The molecule has 0 atom stereocenters. The van der Waals surface area contributed by atoms with Gasteiger partial charge in [-0.2, -0.15) is 0 Å². The predicted molar refractivity (Wildman–Crippen MR) is 82.7 cm³/mol. The van der Waals surface area contributed by atoms with Gasteiger partial charge in [0.25, 0.3) is 0 Å². The minimum absolute atomic E-state index is 0.338. The molecule has 0 heterocycles. The summed E-state index contributed by atoms with van der Waals surface area (Å²) in [6, 6.07) is 7.21. The Kier molecular flexibility index (Phi) is 4.44. The largest absolute Gasteiger partial charge is 0.462 e. The van der Waals surface area contributed by atoms with Crippen LogP contribution in [-0.4, -0.2) is 24.3 Å². The van der Waals surface area contributed by atoms with Crippen molar-refractivity contribution in [2.45, 2.75) is 51.7 Å². The molecule has 1 aromatic carbocycles. The van der Waals surface area contributed by atoms with Crippen LogP contribution in [0.5, 0.6) is 0 Å². The van der Waals surface area contributed by atoms with E-state index in [0.29, 0.717) is 12.2 Å². The average Bonchev–Trinajstić information content (AvgIpc) is 3.18. The molecule has 120 valence electrons. The summed E-state index contributed by atoms with van der Waals surface area (Å²) in [7, 11) is 0. The first kappa shape index (κ1) is 16.3. The summed E-state index contributed by atoms with van der Waals surface area (Å²) in [5, 5.41) is 2.93. The fourth-order valence-electron chi connectivity index (χ4n) is 2.27. The molecule has 0 saturated heterocycles. The topological polar surface area (TPSA) is 64.6 Å². The van der Waals surface area contributed by atoms with Gasteiger partial charge in [0, 0.05) is 0 Å². The van der Waals surface area contributed by atoms with E-state index in [9.17, 15) is 9.59 Å². The Morgan fingerprint density at radius 1 is 1.27 bits per heavy atom. The van der Waals surface area contributed by atoms with Crippen molar-refractivity contribution in [2.75, 3.05) is 6.61 Å². The third-order valence-electron chi connectivity index (χ3n) is 3.42. The molecule has 0 bridgehead atoms. The molecule has 5 heteroatoms. The molecule has 0 aliphatic heterocycles. The van der Waals surface area contributed by atoms with E-state index in [0.717, 1.165) is 18.4 Å². The number of hydrogen-bond donors (Lipinski definition) is 1. The monoisotopic (exact) mass is 305 g/mol. The number of rotatable bonds is 4. The molecule has 2 rings (SSSR count). The number of alkyl carbamates (subject to hydrolysis) is 1. The van der Waals surface area contributed by atoms with Crippen molar-refractivity contribution in [3.05, 3.63) is 35.4 Å². The number of nitrogens with one attached hydrogen (secondary N) is 1. The van der Waals surface area contributed by atoms with Crippen molar-refractivity contribution in [1.82, 2.24) is 5.32 Å². The van der Waals surface area contributed by atoms with E-state index in [1.165, 1.54) is 0 Å². The maximum atomic E-state index is 12.0. The second kappa shape index (κ2) is 5.99. The second-order valence-electron chi connectivity index (χ2n) is 6.51. The highest BCUT2D eigenvalue weighted by Gasteiger charge is 2.46. The molecule has 1 N–H and O–H groups in total. The lowest BCUT2D eigenvalue weighted by atomic mass is 10.0. The van der Waals surface area contributed by atoms with Crippen LogP contribution in [0.1, 0.15) is 56.5 Å². The molecule has 5 nitrogen and oxygen atoms in total. The average molecular weight is 305 g/mol. The minimum atomic E-state index is -0.535. The predicted octanol–water partition coefficient (Wildman–Crippen LogP) is 3.38. The van der Waals surface area contributed by atoms with Crippen LogP contribution in [0.25, 0.3) is 0 Å². The zero-order valence-corrected chi connectivity index (χ0v) is 13.6. The van der Waals surface area contributed by atoms with Gasteiger partial charge in [0.1, 0.15) is 5.60 Å². The highest BCUT2D eigenvalue weighted by Crippen LogP contribution is 2.45. The van der Waals surface area contributed by atoms with Gasteiger partial charge in [0.05, 0.1) is 17.7 Å². The minimum Gasteiger partial charge on any atom is -0.462 e. The quantitative estimate of drug-likeness (QED) is 0.866. The Bertz CT molecular complexity index is 570. The molecule has 0 radical (unpaired) electrons. The Labute approximate surface area is 131 Å². The standard InChI is InChI=1S/C17H23NO4/c1-5-21-14(19)12-7-6-8-13(11-12)17(9-10-17)18-15(20)22-16(2,3)4/h6-8,11H,5,9-10H2,1-4H3,(H,18,20). The molecule has 22 heavy (non-hydrogen) atoms. The van der Waals surface area contributed by atoms with Gasteiger partial charge in [-0.3, -0.25) is 0 Å². The highest BCUT2D eigenvalue weighted by atomic mass is 16.6. The number of benzene rings is 1. The van der Waals surface area contributed by atoms with E-state index >= 15 is 0 Å². The van der Waals surface area contributed by atoms with E-state index in [-0.39, 0.29) is 5.97 Å². The third kappa shape index (κ3) is 4.00. The van der Waals surface area contributed by atoms with Crippen LogP contribution >= 0.6 is 0 Å². The van der Waals surface area contributed by atoms with E-state index in [4.69, 9.17) is 9.47 Å². The smallest absolute Gasteiger partial charge is 0.408 e. The summed E-state index contributed by atoms with van der Waals surface area (Å²) in [4.78, 5) is 23.8. The normalized spacial score (nSPS) is 15.8. The van der Waals surface area contributed by atoms with Crippen molar-refractivity contribution in [2.24, 2.45) is 0 Å². The maximum Gasteiger partial charge on any atom is 0.408 e. The van der Waals surface area contributed by atoms with Gasteiger partial charge in [-0.25, -0.2) is 9.59 Å². The summed E-state index contributed by atoms with van der Waals surface area (Å²) >= 11 is 0. The third-order valence-corrected chi connectivity index (χ3v) is 3.42. The van der Waals surface area contributed by atoms with Gasteiger partial charge in [-0.1, -0.05) is 12.1 Å². The lowest BCUT2D eigenvalue weighted by molar-refractivity contribution is 0.0494. The molecule has 0 unspecified atom stereocenters. The number of amides is 1. The Morgan fingerprint density at radius 2 is 1.95 bits per heavy atom. The number of ether oxygens (including phenoxy) is 2. The van der Waals surface area contributed by atoms with Crippen LogP contribution in [0.4, 0.5) is 4.79 Å². The van der Waals surface area contributed by atoms with Crippen LogP contribution in [0.2, 0.25) is 0 Å². The fraction of sp³-hybridized carbons (Fsp3) is 0.529. The second-order valence-corrected chi connectivity index (χ2v) is 6.51. The molecule has 0 spiro atoms. The molecular weight excluding hydrogens is 282 g/mol. The van der Waals surface area contributed by atoms with Crippen molar-refractivity contribution < 1.29 is 19.1 Å². The van der Waals surface area contributed by atoms with Crippen molar-refractivity contribution in [1.29, 1.82) is 0 Å². The molecule has 1 fully saturated rings. The molecular formula is C17H23NO4. The van der Waals surface area contributed by atoms with E-state index in [1.54, 1.807) is 25.1 Å². The molecule has 1 aliphatic carbocycles. The van der Waals surface area contributed by atoms with Crippen molar-refractivity contribution in [3.8, 4) is 0 Å². The van der Waals surface area contributed by atoms with E-state index < -0.39 is 17.2 Å². The Morgan fingerprint density at radius 3 is 2.50 bits per heavy atom. The zero-order valence-electron chi connectivity index (χ0n) is 13.6. The zero-order chi connectivity index (χ0) is 16.4. The lowest BCUT2D eigenvalue weighted by Gasteiger charge is -2.24. The summed E-state index contributed by atoms with van der Waals surface area (Å²) in [5.41, 5.74) is 0.443. The van der Waals surface area contributed by atoms with Crippen molar-refractivity contribution in [3.63, 3.8) is 0 Å². The van der Waals surface area contributed by atoms with Crippen LogP contribution in [0, 0.1) is 0 Å². The maximum absolute atomic E-state index is 12.0. The SMILES string of the molecule is CCOC(=O)c1cccc(C2(NC(=O)OC(C)(C)C)CC2)c1. The van der Waals surface area contributed by atoms with Gasteiger partial charge in [0.15, 0.2) is 0 Å². The molecule has 0 aromatic heterocycles. The number of carbonyl (C=O) groups excluding carboxylic acids is 2. The van der Waals surface area contributed by atoms with E-state index in [1.807, 2.05) is 26.8 Å². The molecule has 1 amide bonds. The molecule has 1 saturated carbocycles. The van der Waals surface area contributed by atoms with Gasteiger partial charge < -0.3 is 14.8 Å². The summed E-state index contributed by atoms with van der Waals surface area (Å²) in [6.07, 6.45) is 1.23. The number of esters is 1. The van der Waals surface area contributed by atoms with Gasteiger partial charge in [-0.15, -0.1) is 0 Å². The fourth-order valence-corrected chi connectivity index (χ4v) is 2.27. The van der Waals surface area contributed by atoms with Crippen LogP contribution in [0.3, 0.4) is 0 Å². The van der Waals surface area contributed by atoms with Gasteiger partial charge in [-0.05, 0) is 58.2 Å². The summed E-state index contributed by atoms with van der Waals surface area (Å²) in [6.45, 7) is 7.59. The number of carbonyl (C=O) groups is 2. The highest BCUT2D eigenvalue weighted by molar-refractivity contribution is 5.89. The first-order chi connectivity index (χ1) is 10.3. The van der Waals surface area contributed by atoms with Gasteiger partial charge in [0.2, 0.25) is 0 Å². The summed E-state index contributed by atoms with van der Waals surface area (Å²) in [5.74, 6) is -0.350. The van der Waals surface area contributed by atoms with Crippen LogP contribution < -0.4 is 5.32 Å². The Hall–Kier alpha value is -2.04. The van der Waals surface area contributed by atoms with E-state index in [2.05, 4.69) is 5.32 Å². The molecule has 1 aromatic rings. The Balaban J connectivity index is 2.12. The molecule has 1 aliphatic rings. The van der Waals surface area contributed by atoms with Crippen molar-refractivity contribution >= 4 is 12.1 Å². The lowest BCUT2D eigenvalue weighted by Crippen LogP contribution is -2.39. The summed E-state index contributed by atoms with van der Waals surface area (Å²) < 4.78 is 10.3. The first-order valence-corrected chi connectivity index (χ1v) is 7.54. The van der Waals surface area contributed by atoms with Crippen LogP contribution in [-0.2, 0) is 15.0 Å². The first-order valence-electron chi connectivity index (χ1n) is 7.54.